The van der Waals surface area contributed by atoms with Crippen molar-refractivity contribution in [1.82, 2.24) is 10.6 Å². The maximum absolute atomic E-state index is 12.3. The van der Waals surface area contributed by atoms with Gasteiger partial charge in [-0.1, -0.05) is 30.3 Å². The maximum atomic E-state index is 12.3. The van der Waals surface area contributed by atoms with Gasteiger partial charge in [0.25, 0.3) is 5.91 Å². The van der Waals surface area contributed by atoms with Gasteiger partial charge < -0.3 is 10.1 Å². The Labute approximate surface area is 155 Å². The highest BCUT2D eigenvalue weighted by Gasteiger charge is 2.12. The van der Waals surface area contributed by atoms with Gasteiger partial charge in [0.05, 0.1) is 17.1 Å². The number of halogens is 1. The zero-order chi connectivity index (χ0) is 17.5. The van der Waals surface area contributed by atoms with Gasteiger partial charge in [-0.05, 0) is 65.8 Å². The highest BCUT2D eigenvalue weighted by Crippen LogP contribution is 2.26. The predicted octanol–water partition coefficient (Wildman–Crippen LogP) is 4.21. The molecule has 1 amide bonds. The van der Waals surface area contributed by atoms with Crippen molar-refractivity contribution in [1.29, 1.82) is 0 Å². The quantitative estimate of drug-likeness (QED) is 0.729. The molecule has 1 atom stereocenters. The van der Waals surface area contributed by atoms with E-state index in [9.17, 15) is 4.79 Å². The minimum atomic E-state index is -0.267. The molecule has 0 fully saturated rings. The first-order valence-electron chi connectivity index (χ1n) is 7.60. The molecule has 0 bridgehead atoms. The van der Waals surface area contributed by atoms with E-state index in [4.69, 9.17) is 17.0 Å². The molecule has 2 aromatic rings. The van der Waals surface area contributed by atoms with Crippen molar-refractivity contribution in [2.75, 3.05) is 6.61 Å². The summed E-state index contributed by atoms with van der Waals surface area (Å²) < 4.78 is 6.17. The minimum Gasteiger partial charge on any atom is -0.493 e. The van der Waals surface area contributed by atoms with E-state index in [1.54, 1.807) is 18.2 Å². The summed E-state index contributed by atoms with van der Waals surface area (Å²) in [5.74, 6) is 0.434. The van der Waals surface area contributed by atoms with Crippen molar-refractivity contribution in [3.63, 3.8) is 0 Å². The zero-order valence-electron chi connectivity index (χ0n) is 13.5. The zero-order valence-corrected chi connectivity index (χ0v) is 15.9. The molecule has 24 heavy (non-hydrogen) atoms. The van der Waals surface area contributed by atoms with Crippen molar-refractivity contribution in [3.8, 4) is 5.75 Å². The molecule has 4 nitrogen and oxygen atoms in total. The monoisotopic (exact) mass is 406 g/mol. The van der Waals surface area contributed by atoms with Gasteiger partial charge >= 0.3 is 0 Å². The average Bonchev–Trinajstić information content (AvgIpc) is 2.57. The highest BCUT2D eigenvalue weighted by molar-refractivity contribution is 9.10. The van der Waals surface area contributed by atoms with E-state index in [-0.39, 0.29) is 11.9 Å². The van der Waals surface area contributed by atoms with Crippen LogP contribution in [0.3, 0.4) is 0 Å². The van der Waals surface area contributed by atoms with Crippen molar-refractivity contribution in [3.05, 3.63) is 64.1 Å². The molecular formula is C18H19BrN2O2S. The number of thiocarbonyl (C=S) groups is 1. The molecule has 126 valence electrons. The summed E-state index contributed by atoms with van der Waals surface area (Å²) in [6.45, 7) is 4.46. The first-order chi connectivity index (χ1) is 11.5. The van der Waals surface area contributed by atoms with Crippen LogP contribution in [0.25, 0.3) is 0 Å². The van der Waals surface area contributed by atoms with Gasteiger partial charge in [0.15, 0.2) is 5.11 Å². The van der Waals surface area contributed by atoms with Gasteiger partial charge in [0, 0.05) is 5.56 Å². The lowest BCUT2D eigenvalue weighted by molar-refractivity contribution is 0.0976. The molecule has 0 aliphatic heterocycles. The molecule has 1 unspecified atom stereocenters. The second-order valence-electron chi connectivity index (χ2n) is 5.14. The highest BCUT2D eigenvalue weighted by atomic mass is 79.9. The van der Waals surface area contributed by atoms with Crippen LogP contribution in [0.15, 0.2) is 53.0 Å². The number of amides is 1. The van der Waals surface area contributed by atoms with Crippen molar-refractivity contribution in [2.24, 2.45) is 0 Å². The molecular weight excluding hydrogens is 388 g/mol. The normalized spacial score (nSPS) is 11.5. The van der Waals surface area contributed by atoms with Crippen molar-refractivity contribution >= 4 is 39.2 Å². The molecule has 0 spiro atoms. The first-order valence-corrected chi connectivity index (χ1v) is 8.80. The Morgan fingerprint density at radius 1 is 1.25 bits per heavy atom. The fourth-order valence-corrected chi connectivity index (χ4v) is 2.91. The van der Waals surface area contributed by atoms with Crippen LogP contribution in [-0.4, -0.2) is 17.6 Å². The lowest BCUT2D eigenvalue weighted by Crippen LogP contribution is -2.40. The summed E-state index contributed by atoms with van der Waals surface area (Å²) in [5.41, 5.74) is 1.60. The number of rotatable bonds is 5. The molecule has 0 aliphatic carbocycles. The Morgan fingerprint density at radius 2 is 1.96 bits per heavy atom. The average molecular weight is 407 g/mol. The summed E-state index contributed by atoms with van der Waals surface area (Å²) in [6.07, 6.45) is 0. The number of hydrogen-bond donors (Lipinski definition) is 2. The third kappa shape index (κ3) is 5.04. The minimum absolute atomic E-state index is 0.00562. The molecule has 2 N–H and O–H groups in total. The summed E-state index contributed by atoms with van der Waals surface area (Å²) in [5, 5.41) is 6.09. The number of carbonyl (C=O) groups excluding carboxylic acids is 1. The third-order valence-corrected chi connectivity index (χ3v) is 4.21. The van der Waals surface area contributed by atoms with Crippen LogP contribution < -0.4 is 15.4 Å². The molecule has 0 radical (unpaired) electrons. The van der Waals surface area contributed by atoms with Crippen LogP contribution in [0, 0.1) is 0 Å². The summed E-state index contributed by atoms with van der Waals surface area (Å²) in [7, 11) is 0. The molecule has 2 rings (SSSR count). The lowest BCUT2D eigenvalue weighted by atomic mass is 10.1. The van der Waals surface area contributed by atoms with Gasteiger partial charge in [0.1, 0.15) is 5.75 Å². The van der Waals surface area contributed by atoms with Gasteiger partial charge in [-0.25, -0.2) is 0 Å². The fourth-order valence-electron chi connectivity index (χ4n) is 2.15. The van der Waals surface area contributed by atoms with Crippen LogP contribution in [0.5, 0.6) is 5.75 Å². The summed E-state index contributed by atoms with van der Waals surface area (Å²) in [6, 6.07) is 15.1. The number of nitrogens with one attached hydrogen (secondary N) is 2. The van der Waals surface area contributed by atoms with Crippen LogP contribution in [-0.2, 0) is 0 Å². The molecule has 0 heterocycles. The molecule has 0 aromatic heterocycles. The number of benzene rings is 2. The van der Waals surface area contributed by atoms with Crippen LogP contribution >= 0.6 is 28.1 Å². The van der Waals surface area contributed by atoms with Crippen molar-refractivity contribution < 1.29 is 9.53 Å². The van der Waals surface area contributed by atoms with Crippen LogP contribution in [0.4, 0.5) is 0 Å². The topological polar surface area (TPSA) is 50.4 Å². The maximum Gasteiger partial charge on any atom is 0.257 e. The van der Waals surface area contributed by atoms with Crippen molar-refractivity contribution in [2.45, 2.75) is 19.9 Å². The standard InChI is InChI=1S/C18H19BrN2O2S/c1-3-23-16-10-9-14(11-15(16)19)17(22)21-18(24)20-12(2)13-7-5-4-6-8-13/h4-12H,3H2,1-2H3,(H2,20,21,22,24). The Morgan fingerprint density at radius 3 is 2.58 bits per heavy atom. The Kier molecular flexibility index (Phi) is 6.75. The Balaban J connectivity index is 1.96. The molecule has 0 saturated heterocycles. The summed E-state index contributed by atoms with van der Waals surface area (Å²) >= 11 is 8.63. The van der Waals surface area contributed by atoms with Gasteiger partial charge in [-0.3, -0.25) is 10.1 Å². The summed E-state index contributed by atoms with van der Waals surface area (Å²) in [4.78, 5) is 12.3. The molecule has 6 heteroatoms. The molecule has 0 saturated carbocycles. The fraction of sp³-hybridized carbons (Fsp3) is 0.222. The largest absolute Gasteiger partial charge is 0.493 e. The number of hydrogen-bond acceptors (Lipinski definition) is 3. The Hall–Kier alpha value is -1.92. The molecule has 2 aromatic carbocycles. The number of carbonyl (C=O) groups is 1. The third-order valence-electron chi connectivity index (χ3n) is 3.37. The Bertz CT molecular complexity index is 722. The van der Waals surface area contributed by atoms with Gasteiger partial charge in [0.2, 0.25) is 0 Å². The van der Waals surface area contributed by atoms with E-state index >= 15 is 0 Å². The van der Waals surface area contributed by atoms with Crippen LogP contribution in [0.2, 0.25) is 0 Å². The van der Waals surface area contributed by atoms with Crippen LogP contribution in [0.1, 0.15) is 35.8 Å². The van der Waals surface area contributed by atoms with E-state index in [1.807, 2.05) is 44.2 Å². The van der Waals surface area contributed by atoms with E-state index in [0.717, 1.165) is 10.0 Å². The SMILES string of the molecule is CCOc1ccc(C(=O)NC(=S)NC(C)c2ccccc2)cc1Br. The van der Waals surface area contributed by atoms with E-state index in [2.05, 4.69) is 26.6 Å². The first kappa shape index (κ1) is 18.4. The lowest BCUT2D eigenvalue weighted by Gasteiger charge is -2.17. The van der Waals surface area contributed by atoms with Gasteiger partial charge in [-0.15, -0.1) is 0 Å². The molecule has 0 aliphatic rings. The number of ether oxygens (including phenoxy) is 1. The van der Waals surface area contributed by atoms with E-state index in [0.29, 0.717) is 23.0 Å². The second-order valence-corrected chi connectivity index (χ2v) is 6.40. The van der Waals surface area contributed by atoms with E-state index < -0.39 is 0 Å². The smallest absolute Gasteiger partial charge is 0.257 e. The van der Waals surface area contributed by atoms with E-state index in [1.165, 1.54) is 0 Å². The van der Waals surface area contributed by atoms with Gasteiger partial charge in [-0.2, -0.15) is 0 Å². The second kappa shape index (κ2) is 8.80. The predicted molar refractivity (Wildman–Crippen MR) is 103 cm³/mol.